The number of ether oxygens (including phenoxy) is 1. The zero-order valence-electron chi connectivity index (χ0n) is 19.4. The van der Waals surface area contributed by atoms with Gasteiger partial charge in [-0.1, -0.05) is 77.9 Å². The van der Waals surface area contributed by atoms with Crippen LogP contribution in [0.3, 0.4) is 0 Å². The highest BCUT2D eigenvalue weighted by Crippen LogP contribution is 2.39. The van der Waals surface area contributed by atoms with E-state index in [4.69, 9.17) is 4.74 Å². The first-order chi connectivity index (χ1) is 14.2. The number of hydrogen-bond acceptors (Lipinski definition) is 3. The summed E-state index contributed by atoms with van der Waals surface area (Å²) < 4.78 is 5.79. The molecule has 2 aromatic rings. The second kappa shape index (κ2) is 11.3. The maximum absolute atomic E-state index is 12.4. The lowest BCUT2D eigenvalue weighted by atomic mass is 9.77. The van der Waals surface area contributed by atoms with Gasteiger partial charge in [-0.15, -0.1) is 0 Å². The number of benzene rings is 2. The van der Waals surface area contributed by atoms with Crippen LogP contribution in [0.5, 0.6) is 5.75 Å². The number of esters is 1. The molecule has 0 aliphatic heterocycles. The largest absolute Gasteiger partial charge is 0.426 e. The minimum absolute atomic E-state index is 0.0342. The quantitative estimate of drug-likeness (QED) is 0.355. The smallest absolute Gasteiger partial charge is 0.313 e. The Labute approximate surface area is 182 Å². The predicted octanol–water partition coefficient (Wildman–Crippen LogP) is 6.58. The van der Waals surface area contributed by atoms with Crippen LogP contribution in [-0.4, -0.2) is 11.1 Å². The fourth-order valence-corrected chi connectivity index (χ4v) is 4.27. The predicted molar refractivity (Wildman–Crippen MR) is 124 cm³/mol. The maximum atomic E-state index is 12.4. The Morgan fingerprint density at radius 3 is 2.07 bits per heavy atom. The molecule has 0 heterocycles. The fourth-order valence-electron chi connectivity index (χ4n) is 4.27. The minimum atomic E-state index is -0.234. The first-order valence-electron chi connectivity index (χ1n) is 11.2. The van der Waals surface area contributed by atoms with E-state index in [1.54, 1.807) is 0 Å². The van der Waals surface area contributed by atoms with E-state index in [1.807, 2.05) is 38.1 Å². The third-order valence-corrected chi connectivity index (χ3v) is 6.02. The normalized spacial score (nSPS) is 12.8. The van der Waals surface area contributed by atoms with Crippen molar-refractivity contribution in [3.05, 3.63) is 65.2 Å². The zero-order valence-corrected chi connectivity index (χ0v) is 19.4. The van der Waals surface area contributed by atoms with Crippen molar-refractivity contribution >= 4 is 5.97 Å². The lowest BCUT2D eigenvalue weighted by Gasteiger charge is -2.28. The van der Waals surface area contributed by atoms with Gasteiger partial charge in [-0.3, -0.25) is 4.79 Å². The van der Waals surface area contributed by atoms with Crippen LogP contribution in [0.15, 0.2) is 48.5 Å². The summed E-state index contributed by atoms with van der Waals surface area (Å²) in [6.07, 6.45) is 2.06. The average molecular weight is 411 g/mol. The van der Waals surface area contributed by atoms with Gasteiger partial charge in [0.2, 0.25) is 0 Å². The van der Waals surface area contributed by atoms with Crippen LogP contribution < -0.4 is 4.74 Å². The molecule has 30 heavy (non-hydrogen) atoms. The van der Waals surface area contributed by atoms with Gasteiger partial charge in [0.1, 0.15) is 5.75 Å². The molecular formula is C27H38O3. The Balaban J connectivity index is 2.48. The monoisotopic (exact) mass is 410 g/mol. The van der Waals surface area contributed by atoms with E-state index in [1.165, 1.54) is 5.56 Å². The van der Waals surface area contributed by atoms with Crippen LogP contribution in [0.25, 0.3) is 0 Å². The van der Waals surface area contributed by atoms with Crippen molar-refractivity contribution in [3.8, 4) is 5.75 Å². The van der Waals surface area contributed by atoms with Crippen molar-refractivity contribution < 1.29 is 14.6 Å². The molecule has 0 spiro atoms. The molecule has 0 aromatic heterocycles. The standard InChI is InChI=1S/C27H38O3/c1-18(2)23(19(3)4)13-14-24(22-10-8-7-9-11-22)25-16-21(17-28)12-15-26(25)30-27(29)20(5)6/h7-12,15-16,18-20,23-24,28H,13-14,17H2,1-6H3/t24-/m1/s1. The minimum Gasteiger partial charge on any atom is -0.426 e. The van der Waals surface area contributed by atoms with Crippen molar-refractivity contribution in [1.82, 2.24) is 0 Å². The van der Waals surface area contributed by atoms with Crippen molar-refractivity contribution in [2.75, 3.05) is 0 Å². The van der Waals surface area contributed by atoms with Gasteiger partial charge in [-0.25, -0.2) is 0 Å². The van der Waals surface area contributed by atoms with Gasteiger partial charge in [-0.2, -0.15) is 0 Å². The van der Waals surface area contributed by atoms with Gasteiger partial charge in [-0.05, 0) is 53.9 Å². The van der Waals surface area contributed by atoms with Crippen LogP contribution in [-0.2, 0) is 11.4 Å². The Morgan fingerprint density at radius 2 is 1.53 bits per heavy atom. The SMILES string of the molecule is CC(C)C(=O)Oc1ccc(CO)cc1[C@H](CCC(C(C)C)C(C)C)c1ccccc1. The summed E-state index contributed by atoms with van der Waals surface area (Å²) >= 11 is 0. The lowest BCUT2D eigenvalue weighted by molar-refractivity contribution is -0.137. The Hall–Kier alpha value is -2.13. The molecule has 1 atom stereocenters. The number of carbonyl (C=O) groups is 1. The van der Waals surface area contributed by atoms with E-state index in [0.717, 1.165) is 24.0 Å². The number of hydrogen-bond donors (Lipinski definition) is 1. The van der Waals surface area contributed by atoms with Crippen molar-refractivity contribution in [2.24, 2.45) is 23.7 Å². The van der Waals surface area contributed by atoms with Gasteiger partial charge in [0, 0.05) is 11.5 Å². The molecule has 0 unspecified atom stereocenters. The summed E-state index contributed by atoms with van der Waals surface area (Å²) in [5.41, 5.74) is 3.02. The fraction of sp³-hybridized carbons (Fsp3) is 0.519. The van der Waals surface area contributed by atoms with E-state index in [0.29, 0.717) is 23.5 Å². The Bertz CT molecular complexity index is 785. The van der Waals surface area contributed by atoms with E-state index in [-0.39, 0.29) is 24.4 Å². The third kappa shape index (κ3) is 6.43. The molecular weight excluding hydrogens is 372 g/mol. The molecule has 0 saturated heterocycles. The number of aliphatic hydroxyl groups is 1. The summed E-state index contributed by atoms with van der Waals surface area (Å²) in [6.45, 7) is 12.8. The molecule has 0 fully saturated rings. The second-order valence-electron chi connectivity index (χ2n) is 9.30. The van der Waals surface area contributed by atoms with E-state index < -0.39 is 0 Å². The Morgan fingerprint density at radius 1 is 0.900 bits per heavy atom. The van der Waals surface area contributed by atoms with Crippen LogP contribution in [0, 0.1) is 23.7 Å². The van der Waals surface area contributed by atoms with Crippen molar-refractivity contribution in [3.63, 3.8) is 0 Å². The number of carbonyl (C=O) groups excluding carboxylic acids is 1. The molecule has 0 aliphatic carbocycles. The molecule has 3 heteroatoms. The molecule has 164 valence electrons. The Kier molecular flexibility index (Phi) is 9.10. The second-order valence-corrected chi connectivity index (χ2v) is 9.30. The third-order valence-electron chi connectivity index (χ3n) is 6.02. The zero-order chi connectivity index (χ0) is 22.3. The summed E-state index contributed by atoms with van der Waals surface area (Å²) in [4.78, 5) is 12.4. The molecule has 3 nitrogen and oxygen atoms in total. The highest BCUT2D eigenvalue weighted by atomic mass is 16.5. The topological polar surface area (TPSA) is 46.5 Å². The first-order valence-corrected chi connectivity index (χ1v) is 11.2. The molecule has 0 aliphatic rings. The highest BCUT2D eigenvalue weighted by molar-refractivity contribution is 5.75. The maximum Gasteiger partial charge on any atom is 0.313 e. The van der Waals surface area contributed by atoms with Crippen LogP contribution >= 0.6 is 0 Å². The molecule has 0 amide bonds. The van der Waals surface area contributed by atoms with Gasteiger partial charge in [0.05, 0.1) is 12.5 Å². The molecule has 2 aromatic carbocycles. The lowest BCUT2D eigenvalue weighted by Crippen LogP contribution is -2.19. The molecule has 0 radical (unpaired) electrons. The summed E-state index contributed by atoms with van der Waals surface area (Å²) in [7, 11) is 0. The van der Waals surface area contributed by atoms with Gasteiger partial charge < -0.3 is 9.84 Å². The van der Waals surface area contributed by atoms with Crippen LogP contribution in [0.2, 0.25) is 0 Å². The van der Waals surface area contributed by atoms with E-state index in [9.17, 15) is 9.90 Å². The van der Waals surface area contributed by atoms with Crippen molar-refractivity contribution in [1.29, 1.82) is 0 Å². The van der Waals surface area contributed by atoms with Gasteiger partial charge >= 0.3 is 5.97 Å². The molecule has 0 bridgehead atoms. The summed E-state index contributed by atoms with van der Waals surface area (Å²) in [5, 5.41) is 9.73. The summed E-state index contributed by atoms with van der Waals surface area (Å²) in [5.74, 6) is 2.13. The van der Waals surface area contributed by atoms with E-state index >= 15 is 0 Å². The van der Waals surface area contributed by atoms with Gasteiger partial charge in [0.15, 0.2) is 0 Å². The van der Waals surface area contributed by atoms with Gasteiger partial charge in [0.25, 0.3) is 0 Å². The number of aliphatic hydroxyl groups excluding tert-OH is 1. The van der Waals surface area contributed by atoms with Crippen molar-refractivity contribution in [2.45, 2.75) is 66.9 Å². The average Bonchev–Trinajstić information content (AvgIpc) is 2.71. The molecule has 2 rings (SSSR count). The highest BCUT2D eigenvalue weighted by Gasteiger charge is 2.25. The van der Waals surface area contributed by atoms with Crippen LogP contribution in [0.1, 0.15) is 77.0 Å². The molecule has 1 N–H and O–H groups in total. The number of rotatable bonds is 10. The first kappa shape index (κ1) is 24.1. The van der Waals surface area contributed by atoms with E-state index in [2.05, 4.69) is 52.0 Å². The molecule has 0 saturated carbocycles. The summed E-state index contributed by atoms with van der Waals surface area (Å²) in [6, 6.07) is 16.1. The van der Waals surface area contributed by atoms with Crippen LogP contribution in [0.4, 0.5) is 0 Å².